The van der Waals surface area contributed by atoms with Gasteiger partial charge < -0.3 is 5.11 Å². The van der Waals surface area contributed by atoms with E-state index in [4.69, 9.17) is 23.2 Å². The van der Waals surface area contributed by atoms with Crippen molar-refractivity contribution in [2.75, 3.05) is 0 Å². The number of carbonyl (C=O) groups excluding carboxylic acids is 1. The quantitative estimate of drug-likeness (QED) is 0.922. The number of aliphatic hydroxyl groups is 1. The molecule has 6 heteroatoms. The van der Waals surface area contributed by atoms with Gasteiger partial charge in [-0.2, -0.15) is 0 Å². The molecule has 0 fully saturated rings. The van der Waals surface area contributed by atoms with Gasteiger partial charge in [0.2, 0.25) is 0 Å². The predicted octanol–water partition coefficient (Wildman–Crippen LogP) is 3.43. The number of rotatable bonds is 2. The lowest BCUT2D eigenvalue weighted by molar-refractivity contribution is 0.101. The maximum absolute atomic E-state index is 12.0. The number of aromatic nitrogens is 1. The van der Waals surface area contributed by atoms with E-state index in [1.165, 1.54) is 6.21 Å². The number of benzene rings is 1. The zero-order valence-electron chi connectivity index (χ0n) is 11.0. The van der Waals surface area contributed by atoms with Gasteiger partial charge in [-0.1, -0.05) is 29.3 Å². The summed E-state index contributed by atoms with van der Waals surface area (Å²) in [7, 11) is 0. The van der Waals surface area contributed by atoms with E-state index in [-0.39, 0.29) is 12.5 Å². The zero-order valence-corrected chi connectivity index (χ0v) is 12.5. The Morgan fingerprint density at radius 1 is 1.24 bits per heavy atom. The van der Waals surface area contributed by atoms with Crippen LogP contribution in [0.4, 0.5) is 0 Å². The molecule has 0 saturated heterocycles. The SMILES string of the molecule is Cc1nc2c(c(-c3ccc(Cl)cc3Cl)c1CO)C(=O)N=C2. The molecule has 2 aromatic rings. The van der Waals surface area contributed by atoms with E-state index in [0.717, 1.165) is 0 Å². The van der Waals surface area contributed by atoms with Crippen molar-refractivity contribution < 1.29 is 9.90 Å². The summed E-state index contributed by atoms with van der Waals surface area (Å²) in [4.78, 5) is 20.1. The van der Waals surface area contributed by atoms with Gasteiger partial charge in [-0.15, -0.1) is 0 Å². The Bertz CT molecular complexity index is 801. The van der Waals surface area contributed by atoms with Crippen LogP contribution in [0.3, 0.4) is 0 Å². The van der Waals surface area contributed by atoms with Crippen molar-refractivity contribution in [2.45, 2.75) is 13.5 Å². The van der Waals surface area contributed by atoms with Gasteiger partial charge >= 0.3 is 0 Å². The molecule has 1 N–H and O–H groups in total. The molecule has 1 aliphatic heterocycles. The first-order chi connectivity index (χ1) is 10.0. The number of aliphatic imine (C=N–C) groups is 1. The number of hydrogen-bond acceptors (Lipinski definition) is 3. The Hall–Kier alpha value is -1.75. The van der Waals surface area contributed by atoms with Gasteiger partial charge in [-0.3, -0.25) is 9.78 Å². The van der Waals surface area contributed by atoms with E-state index in [1.54, 1.807) is 25.1 Å². The van der Waals surface area contributed by atoms with E-state index in [1.807, 2.05) is 0 Å². The Labute approximate surface area is 131 Å². The number of hydrogen-bond donors (Lipinski definition) is 1. The highest BCUT2D eigenvalue weighted by atomic mass is 35.5. The zero-order chi connectivity index (χ0) is 15.1. The second-order valence-electron chi connectivity index (χ2n) is 4.66. The molecule has 1 aromatic carbocycles. The third-order valence-corrected chi connectivity index (χ3v) is 3.96. The number of halogens is 2. The standard InChI is InChI=1S/C15H10Cl2N2O2/c1-7-10(6-20)13(9-3-2-8(16)4-11(9)17)14-12(19-7)5-18-15(14)21/h2-5,20H,6H2,1H3. The minimum absolute atomic E-state index is 0.242. The molecule has 0 unspecified atom stereocenters. The van der Waals surface area contributed by atoms with Gasteiger partial charge in [-0.25, -0.2) is 4.99 Å². The molecule has 2 heterocycles. The van der Waals surface area contributed by atoms with Gasteiger partial charge in [0, 0.05) is 32.4 Å². The molecule has 1 aromatic heterocycles. The van der Waals surface area contributed by atoms with Crippen molar-refractivity contribution in [1.29, 1.82) is 0 Å². The third-order valence-electron chi connectivity index (χ3n) is 3.41. The number of nitrogens with zero attached hydrogens (tertiary/aromatic N) is 2. The summed E-state index contributed by atoms with van der Waals surface area (Å²) < 4.78 is 0. The molecule has 21 heavy (non-hydrogen) atoms. The van der Waals surface area contributed by atoms with Crippen LogP contribution >= 0.6 is 23.2 Å². The van der Waals surface area contributed by atoms with Crippen LogP contribution in [0.5, 0.6) is 0 Å². The molecule has 3 rings (SSSR count). The van der Waals surface area contributed by atoms with E-state index in [9.17, 15) is 9.90 Å². The fourth-order valence-electron chi connectivity index (χ4n) is 2.44. The third kappa shape index (κ3) is 2.25. The molecule has 0 atom stereocenters. The van der Waals surface area contributed by atoms with Gasteiger partial charge in [0.25, 0.3) is 5.91 Å². The number of carbonyl (C=O) groups is 1. The Balaban J connectivity index is 2.39. The average molecular weight is 321 g/mol. The Morgan fingerprint density at radius 3 is 2.67 bits per heavy atom. The minimum atomic E-state index is -0.381. The lowest BCUT2D eigenvalue weighted by Gasteiger charge is -2.15. The highest BCUT2D eigenvalue weighted by Crippen LogP contribution is 2.38. The van der Waals surface area contributed by atoms with Crippen LogP contribution in [0.2, 0.25) is 10.0 Å². The first kappa shape index (κ1) is 14.2. The predicted molar refractivity (Wildman–Crippen MR) is 82.3 cm³/mol. The molecule has 0 saturated carbocycles. The smallest absolute Gasteiger partial charge is 0.279 e. The molecule has 1 aliphatic rings. The molecular formula is C15H10Cl2N2O2. The lowest BCUT2D eigenvalue weighted by Crippen LogP contribution is -2.07. The van der Waals surface area contributed by atoms with Gasteiger partial charge in [0.15, 0.2) is 0 Å². The van der Waals surface area contributed by atoms with Crippen LogP contribution in [-0.2, 0) is 6.61 Å². The fourth-order valence-corrected chi connectivity index (χ4v) is 2.94. The molecule has 0 radical (unpaired) electrons. The van der Waals surface area contributed by atoms with Crippen molar-refractivity contribution in [3.63, 3.8) is 0 Å². The van der Waals surface area contributed by atoms with E-state index >= 15 is 0 Å². The van der Waals surface area contributed by atoms with Crippen LogP contribution in [0.1, 0.15) is 27.3 Å². The second-order valence-corrected chi connectivity index (χ2v) is 5.50. The van der Waals surface area contributed by atoms with E-state index in [2.05, 4.69) is 9.98 Å². The summed E-state index contributed by atoms with van der Waals surface area (Å²) in [6.45, 7) is 1.53. The summed E-state index contributed by atoms with van der Waals surface area (Å²) in [6, 6.07) is 5.01. The molecule has 0 bridgehead atoms. The summed E-state index contributed by atoms with van der Waals surface area (Å²) in [5.41, 5.74) is 3.27. The number of fused-ring (bicyclic) bond motifs is 1. The maximum atomic E-state index is 12.0. The van der Waals surface area contributed by atoms with Crippen molar-refractivity contribution in [2.24, 2.45) is 4.99 Å². The fraction of sp³-hybridized carbons (Fsp3) is 0.133. The molecule has 4 nitrogen and oxygen atoms in total. The largest absolute Gasteiger partial charge is 0.392 e. The molecule has 0 spiro atoms. The average Bonchev–Trinajstić information content (AvgIpc) is 2.79. The minimum Gasteiger partial charge on any atom is -0.392 e. The maximum Gasteiger partial charge on any atom is 0.279 e. The van der Waals surface area contributed by atoms with Crippen molar-refractivity contribution in [3.05, 3.63) is 50.8 Å². The lowest BCUT2D eigenvalue weighted by atomic mass is 9.93. The van der Waals surface area contributed by atoms with Crippen LogP contribution in [-0.4, -0.2) is 22.2 Å². The normalized spacial score (nSPS) is 12.9. The van der Waals surface area contributed by atoms with E-state index < -0.39 is 0 Å². The van der Waals surface area contributed by atoms with Crippen molar-refractivity contribution in [3.8, 4) is 11.1 Å². The van der Waals surface area contributed by atoms with Gasteiger partial charge in [0.05, 0.1) is 24.1 Å². The molecule has 0 aliphatic carbocycles. The van der Waals surface area contributed by atoms with Crippen molar-refractivity contribution in [1.82, 2.24) is 4.98 Å². The second kappa shape index (κ2) is 5.22. The Morgan fingerprint density at radius 2 is 2.00 bits per heavy atom. The molecule has 1 amide bonds. The van der Waals surface area contributed by atoms with Gasteiger partial charge in [-0.05, 0) is 19.1 Å². The summed E-state index contributed by atoms with van der Waals surface area (Å²) in [5.74, 6) is -0.381. The van der Waals surface area contributed by atoms with E-state index in [0.29, 0.717) is 43.7 Å². The Kier molecular flexibility index (Phi) is 3.53. The highest BCUT2D eigenvalue weighted by molar-refractivity contribution is 6.36. The molecular weight excluding hydrogens is 311 g/mol. The summed E-state index contributed by atoms with van der Waals surface area (Å²) in [5, 5.41) is 10.6. The van der Waals surface area contributed by atoms with Crippen molar-refractivity contribution >= 4 is 35.3 Å². The first-order valence-corrected chi connectivity index (χ1v) is 6.96. The summed E-state index contributed by atoms with van der Waals surface area (Å²) >= 11 is 12.2. The van der Waals surface area contributed by atoms with Crippen LogP contribution in [0.15, 0.2) is 23.2 Å². The monoisotopic (exact) mass is 320 g/mol. The van der Waals surface area contributed by atoms with Crippen LogP contribution in [0, 0.1) is 6.92 Å². The number of amides is 1. The van der Waals surface area contributed by atoms with Gasteiger partial charge in [0.1, 0.15) is 0 Å². The number of aliphatic hydroxyl groups excluding tert-OH is 1. The molecule has 106 valence electrons. The summed E-state index contributed by atoms with van der Waals surface area (Å²) in [6.07, 6.45) is 1.43. The number of aryl methyl sites for hydroxylation is 1. The topological polar surface area (TPSA) is 62.6 Å². The van der Waals surface area contributed by atoms with Crippen LogP contribution in [0.25, 0.3) is 11.1 Å². The van der Waals surface area contributed by atoms with Crippen LogP contribution < -0.4 is 0 Å². The highest BCUT2D eigenvalue weighted by Gasteiger charge is 2.27. The first-order valence-electron chi connectivity index (χ1n) is 6.21. The number of pyridine rings is 1.